The molecule has 0 aliphatic carbocycles. The average molecular weight is 904 g/mol. The van der Waals surface area contributed by atoms with Gasteiger partial charge in [0.25, 0.3) is 0 Å². The zero-order valence-electron chi connectivity index (χ0n) is 33.4. The van der Waals surface area contributed by atoms with E-state index in [1.807, 2.05) is 13.8 Å². The van der Waals surface area contributed by atoms with Crippen molar-refractivity contribution in [1.82, 2.24) is 34.0 Å². The monoisotopic (exact) mass is 903 g/mol. The van der Waals surface area contributed by atoms with Gasteiger partial charge in [-0.15, -0.1) is 6.58 Å². The lowest BCUT2D eigenvalue weighted by atomic mass is 10.1. The number of nitrogens with zero attached hydrogens (tertiary/aromatic N) is 7. The van der Waals surface area contributed by atoms with Crippen LogP contribution in [0, 0.1) is 5.92 Å². The van der Waals surface area contributed by atoms with Gasteiger partial charge in [0.15, 0.2) is 30.0 Å². The van der Waals surface area contributed by atoms with Gasteiger partial charge in [-0.1, -0.05) is 19.9 Å². The number of aliphatic hydroxyl groups is 2. The number of aliphatic hydroxyl groups excluding tert-OH is 2. The number of hydrogen-bond donors (Lipinski definition) is 7. The van der Waals surface area contributed by atoms with Gasteiger partial charge in [0.05, 0.1) is 19.5 Å². The molecule has 3 aromatic rings. The molecule has 5 heterocycles. The second kappa shape index (κ2) is 20.3. The summed E-state index contributed by atoms with van der Waals surface area (Å²) in [5, 5.41) is 23.1. The number of hydrogen-bond acceptors (Lipinski definition) is 19. The highest BCUT2D eigenvalue weighted by molar-refractivity contribution is 7.53. The summed E-state index contributed by atoms with van der Waals surface area (Å²) in [5.74, 6) is -1.26. The Balaban J connectivity index is 1.44. The molecular formula is C34H51N9O16P2. The van der Waals surface area contributed by atoms with Gasteiger partial charge in [-0.2, -0.15) is 4.98 Å². The van der Waals surface area contributed by atoms with Crippen molar-refractivity contribution in [2.75, 3.05) is 44.9 Å². The van der Waals surface area contributed by atoms with Gasteiger partial charge >= 0.3 is 27.1 Å². The van der Waals surface area contributed by atoms with Crippen LogP contribution in [0.25, 0.3) is 11.2 Å². The van der Waals surface area contributed by atoms with Crippen LogP contribution in [0.5, 0.6) is 0 Å². The number of likely N-dealkylation sites (N-methyl/N-ethyl adjacent to an activating group) is 1. The summed E-state index contributed by atoms with van der Waals surface area (Å²) in [7, 11) is -9.07. The largest absolute Gasteiger partial charge is 0.469 e. The number of imidazole rings is 1. The summed E-state index contributed by atoms with van der Waals surface area (Å²) in [4.78, 5) is 87.0. The molecule has 0 bridgehead atoms. The highest BCUT2D eigenvalue weighted by atomic mass is 31.2. The summed E-state index contributed by atoms with van der Waals surface area (Å²) >= 11 is 0. The fourth-order valence-corrected chi connectivity index (χ4v) is 8.70. The van der Waals surface area contributed by atoms with Gasteiger partial charge in [0.2, 0.25) is 5.91 Å². The molecule has 25 nitrogen and oxygen atoms in total. The molecule has 0 aromatic carbocycles. The molecule has 2 fully saturated rings. The van der Waals surface area contributed by atoms with Crippen LogP contribution >= 0.6 is 15.4 Å². The molecule has 338 valence electrons. The molecule has 1 unspecified atom stereocenters. The number of phosphoric acid groups is 1. The molecule has 0 saturated carbocycles. The van der Waals surface area contributed by atoms with Crippen molar-refractivity contribution in [3.63, 3.8) is 0 Å². The smallest absolute Gasteiger partial charge is 0.455 e. The van der Waals surface area contributed by atoms with Crippen LogP contribution in [0.2, 0.25) is 0 Å². The maximum absolute atomic E-state index is 14.1. The molecule has 61 heavy (non-hydrogen) atoms. The Bertz CT molecular complexity index is 2170. The number of rotatable bonds is 21. The van der Waals surface area contributed by atoms with E-state index >= 15 is 0 Å². The number of ether oxygens (including phenoxy) is 4. The Kier molecular flexibility index (Phi) is 15.9. The number of nitrogen functional groups attached to an aromatic ring is 2. The highest BCUT2D eigenvalue weighted by Crippen LogP contribution is 2.56. The van der Waals surface area contributed by atoms with E-state index < -0.39 is 101 Å². The van der Waals surface area contributed by atoms with Crippen LogP contribution in [0.1, 0.15) is 52.0 Å². The minimum Gasteiger partial charge on any atom is -0.455 e. The van der Waals surface area contributed by atoms with Gasteiger partial charge in [-0.25, -0.2) is 29.1 Å². The highest BCUT2D eigenvalue weighted by Gasteiger charge is 2.56. The normalized spacial score (nSPS) is 25.7. The first kappa shape index (κ1) is 47.8. The quantitative estimate of drug-likeness (QED) is 0.0309. The van der Waals surface area contributed by atoms with Crippen LogP contribution in [-0.4, -0.2) is 146 Å². The molecule has 10 atom stereocenters. The fourth-order valence-electron chi connectivity index (χ4n) is 6.72. The Morgan fingerprint density at radius 2 is 1.67 bits per heavy atom. The first-order chi connectivity index (χ1) is 28.7. The number of carbonyl (C=O) groups is 2. The molecule has 5 rings (SSSR count). The van der Waals surface area contributed by atoms with Crippen molar-refractivity contribution in [2.45, 2.75) is 94.2 Å². The standard InChI is InChI=1S/C34H51N9O16P2/c1-5-6-7-23(44)41(4)19(10-13-54-12-9-18(2)3)33(47)59-27-20(57-31(25(27)45)43-17-39-24-29(36)37-16-38-30(24)43)14-55-60(49,50)28-21(15-56-61(51,52)53)58-32(26(28)46)42-11-8-22(35)40-34(42)48/h5,8,11,16-21,25-28,31-32,45-46H,1,6-7,9-10,12-15H2,2-4H3,(H,49,50)(H2,35,40,48)(H2,36,37,38)(H2,51,52,53)/t19-,20+,21+,25+,26+,27+,28+,31+,32+/m0/s1. The zero-order chi connectivity index (χ0) is 44.8. The number of allylic oxidation sites excluding steroid dienone is 1. The minimum atomic E-state index is -5.27. The van der Waals surface area contributed by atoms with Crippen molar-refractivity contribution in [2.24, 2.45) is 5.92 Å². The van der Waals surface area contributed by atoms with Crippen molar-refractivity contribution in [3.05, 3.63) is 48.1 Å². The number of phosphoric ester groups is 1. The summed E-state index contributed by atoms with van der Waals surface area (Å²) in [6.07, 6.45) is -6.02. The van der Waals surface area contributed by atoms with E-state index in [1.165, 1.54) is 28.9 Å². The molecule has 3 aromatic heterocycles. The lowest BCUT2D eigenvalue weighted by Crippen LogP contribution is -2.48. The number of amides is 1. The van der Waals surface area contributed by atoms with Crippen molar-refractivity contribution in [1.29, 1.82) is 0 Å². The molecular weight excluding hydrogens is 852 g/mol. The summed E-state index contributed by atoms with van der Waals surface area (Å²) < 4.78 is 61.1. The van der Waals surface area contributed by atoms with E-state index in [2.05, 4.69) is 31.0 Å². The second-order valence-electron chi connectivity index (χ2n) is 14.7. The van der Waals surface area contributed by atoms with Crippen LogP contribution < -0.4 is 17.2 Å². The first-order valence-corrected chi connectivity index (χ1v) is 22.2. The lowest BCUT2D eigenvalue weighted by molar-refractivity contribution is -0.166. The van der Waals surface area contributed by atoms with Crippen molar-refractivity contribution in [3.8, 4) is 0 Å². The Morgan fingerprint density at radius 3 is 2.34 bits per heavy atom. The van der Waals surface area contributed by atoms with Gasteiger partial charge in [0, 0.05) is 39.3 Å². The van der Waals surface area contributed by atoms with Crippen molar-refractivity contribution < 1.29 is 71.6 Å². The number of aromatic nitrogens is 6. The third-order valence-electron chi connectivity index (χ3n) is 9.96. The Labute approximate surface area is 348 Å². The molecule has 27 heteroatoms. The van der Waals surface area contributed by atoms with E-state index in [0.29, 0.717) is 18.9 Å². The Morgan fingerprint density at radius 1 is 1.00 bits per heavy atom. The van der Waals surface area contributed by atoms with Gasteiger partial charge in [-0.3, -0.25) is 23.0 Å². The second-order valence-corrected chi connectivity index (χ2v) is 17.9. The minimum absolute atomic E-state index is 0.00660. The van der Waals surface area contributed by atoms with E-state index in [-0.39, 0.29) is 42.2 Å². The van der Waals surface area contributed by atoms with E-state index in [1.54, 1.807) is 6.08 Å². The molecule has 0 spiro atoms. The predicted molar refractivity (Wildman–Crippen MR) is 211 cm³/mol. The molecule has 2 saturated heterocycles. The summed E-state index contributed by atoms with van der Waals surface area (Å²) in [6, 6.07) is -0.0660. The number of anilines is 2. The van der Waals surface area contributed by atoms with Crippen LogP contribution in [0.3, 0.4) is 0 Å². The van der Waals surface area contributed by atoms with Crippen molar-refractivity contribution >= 4 is 50.1 Å². The van der Waals surface area contributed by atoms with Crippen LogP contribution in [0.15, 0.2) is 42.4 Å². The number of nitrogens with two attached hydrogens (primary N) is 2. The van der Waals surface area contributed by atoms with Gasteiger partial charge in [0.1, 0.15) is 53.8 Å². The predicted octanol–water partition coefficient (Wildman–Crippen LogP) is -0.398. The van der Waals surface area contributed by atoms with Gasteiger partial charge < -0.3 is 64.7 Å². The van der Waals surface area contributed by atoms with Gasteiger partial charge in [-0.05, 0) is 24.8 Å². The van der Waals surface area contributed by atoms with E-state index in [9.17, 15) is 48.4 Å². The topological polar surface area (TPSA) is 359 Å². The zero-order valence-corrected chi connectivity index (χ0v) is 35.2. The molecule has 1 amide bonds. The Hall–Kier alpha value is -4.23. The molecule has 2 aliphatic heterocycles. The van der Waals surface area contributed by atoms with Crippen LogP contribution in [0.4, 0.5) is 11.6 Å². The van der Waals surface area contributed by atoms with E-state index in [0.717, 1.165) is 23.5 Å². The van der Waals surface area contributed by atoms with E-state index in [4.69, 9.17) is 34.9 Å². The first-order valence-electron chi connectivity index (χ1n) is 19.0. The third-order valence-corrected chi connectivity index (χ3v) is 12.4. The van der Waals surface area contributed by atoms with Crippen LogP contribution in [-0.2, 0) is 46.7 Å². The molecule has 0 radical (unpaired) electrons. The molecule has 2 aliphatic rings. The maximum Gasteiger partial charge on any atom is 0.469 e. The summed E-state index contributed by atoms with van der Waals surface area (Å²) in [6.45, 7) is 6.11. The SMILES string of the molecule is C=CCCC(=O)N(C)[C@@H](CCOCCC(C)C)C(=O)O[C@H]1[C@@H](O)[C@H](n2cnc3c(N)ncnc32)O[C@@H]1COP(=O)(O)[C@H]1[C@@H](O)[C@H](n2ccc(N)nc2=O)O[C@@H]1COP(=O)(O)O. The lowest BCUT2D eigenvalue weighted by Gasteiger charge is -2.30. The maximum atomic E-state index is 14.1. The average Bonchev–Trinajstić information content (AvgIpc) is 3.86. The summed E-state index contributed by atoms with van der Waals surface area (Å²) in [5.41, 5.74) is 8.68. The molecule has 9 N–H and O–H groups in total. The number of esters is 1. The number of carbonyl (C=O) groups excluding carboxylic acids is 2. The number of fused-ring (bicyclic) bond motifs is 1. The fraction of sp³-hybridized carbons (Fsp3) is 0.618. The third kappa shape index (κ3) is 11.6.